The summed E-state index contributed by atoms with van der Waals surface area (Å²) in [7, 11) is 4.51. The van der Waals surface area contributed by atoms with Gasteiger partial charge in [-0.15, -0.1) is 10.2 Å². The maximum atomic E-state index is 13.0. The molecule has 0 saturated heterocycles. The van der Waals surface area contributed by atoms with Crippen LogP contribution in [0.25, 0.3) is 22.2 Å². The topological polar surface area (TPSA) is 128 Å². The number of hydrogen-bond donors (Lipinski definition) is 0. The Morgan fingerprint density at radius 2 is 1.67 bits per heavy atom. The van der Waals surface area contributed by atoms with Crippen LogP contribution >= 0.6 is 0 Å². The lowest BCUT2D eigenvalue weighted by Gasteiger charge is -2.12. The summed E-state index contributed by atoms with van der Waals surface area (Å²) in [6.45, 7) is 4.01. The summed E-state index contributed by atoms with van der Waals surface area (Å²) >= 11 is 0. The Hall–Kier alpha value is -4.41. The Labute approximate surface area is 206 Å². The minimum absolute atomic E-state index is 0.0372. The smallest absolute Gasteiger partial charge is 0.359 e. The SMILES string of the molecule is COc1cc(-c2nnc(COC(=O)c3nn(CC(C)C)c(=O)c4ccccc34)o2)cc(OC)c1OC. The number of hydrogen-bond acceptors (Lipinski definition) is 10. The van der Waals surface area contributed by atoms with E-state index >= 15 is 0 Å². The molecule has 36 heavy (non-hydrogen) atoms. The van der Waals surface area contributed by atoms with Crippen molar-refractivity contribution < 1.29 is 28.2 Å². The van der Waals surface area contributed by atoms with E-state index in [0.29, 0.717) is 40.1 Å². The van der Waals surface area contributed by atoms with Gasteiger partial charge in [0, 0.05) is 17.5 Å². The third-order valence-electron chi connectivity index (χ3n) is 5.30. The van der Waals surface area contributed by atoms with Gasteiger partial charge in [-0.25, -0.2) is 9.48 Å². The summed E-state index contributed by atoms with van der Waals surface area (Å²) in [6, 6.07) is 10.1. The molecule has 11 nitrogen and oxygen atoms in total. The van der Waals surface area contributed by atoms with E-state index in [1.54, 1.807) is 36.4 Å². The predicted octanol–water partition coefficient (Wildman–Crippen LogP) is 3.49. The van der Waals surface area contributed by atoms with Crippen molar-refractivity contribution in [3.05, 3.63) is 58.3 Å². The lowest BCUT2D eigenvalue weighted by molar-refractivity contribution is 0.0431. The summed E-state index contributed by atoms with van der Waals surface area (Å²) in [6.07, 6.45) is 0. The highest BCUT2D eigenvalue weighted by Crippen LogP contribution is 2.40. The standard InChI is InChI=1S/C25H26N4O7/c1-14(2)12-29-24(30)17-9-7-6-8-16(17)21(28-29)25(31)35-13-20-26-27-23(36-20)15-10-18(32-3)22(34-5)19(11-15)33-4/h6-11,14H,12-13H2,1-5H3. The van der Waals surface area contributed by atoms with Gasteiger partial charge in [0.25, 0.3) is 11.4 Å². The van der Waals surface area contributed by atoms with Gasteiger partial charge < -0.3 is 23.4 Å². The zero-order chi connectivity index (χ0) is 25.8. The Bertz CT molecular complexity index is 1430. The first-order valence-corrected chi connectivity index (χ1v) is 11.2. The molecule has 0 amide bonds. The molecule has 2 aromatic heterocycles. The van der Waals surface area contributed by atoms with Crippen molar-refractivity contribution in [2.45, 2.75) is 27.0 Å². The number of methoxy groups -OCH3 is 3. The molecule has 0 aliphatic rings. The van der Waals surface area contributed by atoms with Crippen LogP contribution in [0.4, 0.5) is 0 Å². The number of fused-ring (bicyclic) bond motifs is 1. The number of carbonyl (C=O) groups is 1. The molecule has 4 rings (SSSR count). The van der Waals surface area contributed by atoms with E-state index in [4.69, 9.17) is 23.4 Å². The summed E-state index contributed by atoms with van der Waals surface area (Å²) in [4.78, 5) is 25.7. The highest BCUT2D eigenvalue weighted by atomic mass is 16.5. The van der Waals surface area contributed by atoms with Crippen molar-refractivity contribution in [1.82, 2.24) is 20.0 Å². The highest BCUT2D eigenvalue weighted by molar-refractivity contribution is 6.02. The molecular weight excluding hydrogens is 468 g/mol. The number of nitrogens with zero attached hydrogens (tertiary/aromatic N) is 4. The molecule has 0 bridgehead atoms. The molecule has 4 aromatic rings. The van der Waals surface area contributed by atoms with Crippen molar-refractivity contribution in [3.8, 4) is 28.7 Å². The minimum atomic E-state index is -0.712. The molecule has 0 radical (unpaired) electrons. The van der Waals surface area contributed by atoms with Crippen molar-refractivity contribution in [1.29, 1.82) is 0 Å². The van der Waals surface area contributed by atoms with Crippen LogP contribution in [0.15, 0.2) is 45.6 Å². The van der Waals surface area contributed by atoms with Crippen molar-refractivity contribution in [3.63, 3.8) is 0 Å². The van der Waals surface area contributed by atoms with E-state index < -0.39 is 5.97 Å². The average molecular weight is 495 g/mol. The van der Waals surface area contributed by atoms with E-state index in [1.165, 1.54) is 26.0 Å². The van der Waals surface area contributed by atoms with Gasteiger partial charge in [-0.3, -0.25) is 4.79 Å². The van der Waals surface area contributed by atoms with E-state index in [-0.39, 0.29) is 35.6 Å². The summed E-state index contributed by atoms with van der Waals surface area (Å²) < 4.78 is 28.4. The number of aromatic nitrogens is 4. The molecule has 0 unspecified atom stereocenters. The molecule has 0 fully saturated rings. The molecule has 0 atom stereocenters. The van der Waals surface area contributed by atoms with Crippen molar-refractivity contribution >= 4 is 16.7 Å². The predicted molar refractivity (Wildman–Crippen MR) is 129 cm³/mol. The fourth-order valence-corrected chi connectivity index (χ4v) is 3.68. The average Bonchev–Trinajstić information content (AvgIpc) is 3.37. The number of carbonyl (C=O) groups excluding carboxylic acids is 1. The molecule has 0 spiro atoms. The van der Waals surface area contributed by atoms with Crippen LogP contribution in [0.5, 0.6) is 17.2 Å². The van der Waals surface area contributed by atoms with Crippen LogP contribution in [0.3, 0.4) is 0 Å². The summed E-state index contributed by atoms with van der Waals surface area (Å²) in [5.74, 6) is 0.973. The Kier molecular flexibility index (Phi) is 7.18. The van der Waals surface area contributed by atoms with Gasteiger partial charge in [0.15, 0.2) is 23.8 Å². The third kappa shape index (κ3) is 4.85. The van der Waals surface area contributed by atoms with Crippen LogP contribution in [0.2, 0.25) is 0 Å². The molecule has 0 N–H and O–H groups in total. The van der Waals surface area contributed by atoms with Gasteiger partial charge in [0.2, 0.25) is 11.6 Å². The normalized spacial score (nSPS) is 11.1. The second-order valence-corrected chi connectivity index (χ2v) is 8.27. The lowest BCUT2D eigenvalue weighted by atomic mass is 10.1. The van der Waals surface area contributed by atoms with Crippen LogP contribution in [-0.2, 0) is 17.9 Å². The first-order valence-electron chi connectivity index (χ1n) is 11.2. The molecule has 2 heterocycles. The van der Waals surface area contributed by atoms with E-state index in [0.717, 1.165) is 0 Å². The number of ether oxygens (including phenoxy) is 4. The first kappa shape index (κ1) is 24.7. The summed E-state index contributed by atoms with van der Waals surface area (Å²) in [5.41, 5.74) is 0.306. The van der Waals surface area contributed by atoms with Gasteiger partial charge in [0.1, 0.15) is 0 Å². The molecule has 0 aliphatic carbocycles. The molecule has 188 valence electrons. The van der Waals surface area contributed by atoms with Gasteiger partial charge in [-0.1, -0.05) is 32.0 Å². The van der Waals surface area contributed by atoms with Crippen LogP contribution in [0, 0.1) is 5.92 Å². The van der Waals surface area contributed by atoms with Gasteiger partial charge >= 0.3 is 5.97 Å². The van der Waals surface area contributed by atoms with Gasteiger partial charge in [-0.05, 0) is 24.1 Å². The van der Waals surface area contributed by atoms with Gasteiger partial charge in [-0.2, -0.15) is 5.10 Å². The fraction of sp³-hybridized carbons (Fsp3) is 0.320. The van der Waals surface area contributed by atoms with Crippen LogP contribution in [-0.4, -0.2) is 47.3 Å². The summed E-state index contributed by atoms with van der Waals surface area (Å²) in [5, 5.41) is 13.1. The zero-order valence-corrected chi connectivity index (χ0v) is 20.6. The molecule has 2 aromatic carbocycles. The Morgan fingerprint density at radius 1 is 1.00 bits per heavy atom. The Balaban J connectivity index is 1.58. The maximum Gasteiger partial charge on any atom is 0.359 e. The van der Waals surface area contributed by atoms with E-state index in [2.05, 4.69) is 15.3 Å². The molecule has 0 saturated carbocycles. The van der Waals surface area contributed by atoms with Crippen molar-refractivity contribution in [2.24, 2.45) is 5.92 Å². The lowest BCUT2D eigenvalue weighted by Crippen LogP contribution is -2.28. The van der Waals surface area contributed by atoms with Crippen LogP contribution < -0.4 is 19.8 Å². The highest BCUT2D eigenvalue weighted by Gasteiger charge is 2.21. The van der Waals surface area contributed by atoms with Gasteiger partial charge in [0.05, 0.1) is 26.7 Å². The second kappa shape index (κ2) is 10.5. The van der Waals surface area contributed by atoms with E-state index in [1.807, 2.05) is 13.8 Å². The third-order valence-corrected chi connectivity index (χ3v) is 5.30. The second-order valence-electron chi connectivity index (χ2n) is 8.27. The zero-order valence-electron chi connectivity index (χ0n) is 20.6. The molecule has 11 heteroatoms. The number of rotatable bonds is 9. The minimum Gasteiger partial charge on any atom is -0.493 e. The maximum absolute atomic E-state index is 13.0. The molecule has 0 aliphatic heterocycles. The molecular formula is C25H26N4O7. The van der Waals surface area contributed by atoms with E-state index in [9.17, 15) is 9.59 Å². The fourth-order valence-electron chi connectivity index (χ4n) is 3.68. The number of benzene rings is 2. The largest absolute Gasteiger partial charge is 0.493 e. The number of esters is 1. The quantitative estimate of drug-likeness (QED) is 0.319. The Morgan fingerprint density at radius 3 is 2.28 bits per heavy atom. The van der Waals surface area contributed by atoms with Crippen LogP contribution in [0.1, 0.15) is 30.2 Å². The monoisotopic (exact) mass is 494 g/mol. The van der Waals surface area contributed by atoms with Crippen molar-refractivity contribution in [2.75, 3.05) is 21.3 Å². The first-order chi connectivity index (χ1) is 17.4.